The molecule has 2 aromatic carbocycles. The van der Waals surface area contributed by atoms with E-state index in [2.05, 4.69) is 22.4 Å². The van der Waals surface area contributed by atoms with Gasteiger partial charge in [-0.3, -0.25) is 14.9 Å². The maximum Gasteiger partial charge on any atom is 0.411 e. The summed E-state index contributed by atoms with van der Waals surface area (Å²) in [5, 5.41) is 11.4. The smallest absolute Gasteiger partial charge is 0.411 e. The van der Waals surface area contributed by atoms with Gasteiger partial charge in [-0.25, -0.2) is 9.78 Å². The van der Waals surface area contributed by atoms with Crippen molar-refractivity contribution in [1.29, 1.82) is 0 Å². The highest BCUT2D eigenvalue weighted by molar-refractivity contribution is 5.94. The Bertz CT molecular complexity index is 1130. The lowest BCUT2D eigenvalue weighted by Gasteiger charge is -2.15. The first-order valence-corrected chi connectivity index (χ1v) is 9.99. The minimum absolute atomic E-state index is 0.0453. The Hall–Kier alpha value is -4.20. The van der Waals surface area contributed by atoms with Crippen LogP contribution in [0.1, 0.15) is 27.5 Å². The van der Waals surface area contributed by atoms with Crippen LogP contribution in [0.2, 0.25) is 0 Å². The van der Waals surface area contributed by atoms with Gasteiger partial charge in [-0.15, -0.1) is 0 Å². The summed E-state index contributed by atoms with van der Waals surface area (Å²) >= 11 is 0. The summed E-state index contributed by atoms with van der Waals surface area (Å²) in [6, 6.07) is 19.1. The van der Waals surface area contributed by atoms with Crippen LogP contribution in [-0.4, -0.2) is 53.2 Å². The molecule has 0 unspecified atom stereocenters. The van der Waals surface area contributed by atoms with Crippen LogP contribution >= 0.6 is 0 Å². The Balaban J connectivity index is 1.38. The van der Waals surface area contributed by atoms with Gasteiger partial charge in [0.2, 0.25) is 0 Å². The fourth-order valence-corrected chi connectivity index (χ4v) is 3.82. The molecule has 2 N–H and O–H groups in total. The first-order valence-electron chi connectivity index (χ1n) is 9.99. The molecule has 2 amide bonds. The Morgan fingerprint density at radius 1 is 1.00 bits per heavy atom. The van der Waals surface area contributed by atoms with E-state index in [1.54, 1.807) is 0 Å². The van der Waals surface area contributed by atoms with Crippen molar-refractivity contribution in [2.24, 2.45) is 0 Å². The van der Waals surface area contributed by atoms with Crippen LogP contribution in [0.15, 0.2) is 66.9 Å². The number of carboxylic acid groups (broad SMARTS) is 1. The summed E-state index contributed by atoms with van der Waals surface area (Å²) in [5.41, 5.74) is 4.98. The second-order valence-corrected chi connectivity index (χ2v) is 7.44. The number of carbonyl (C=O) groups excluding carboxylic acids is 2. The average Bonchev–Trinajstić information content (AvgIpc) is 3.11. The van der Waals surface area contributed by atoms with Gasteiger partial charge in [0.1, 0.15) is 18.8 Å². The third-order valence-electron chi connectivity index (χ3n) is 5.29. The van der Waals surface area contributed by atoms with Crippen LogP contribution in [0, 0.1) is 0 Å². The molecule has 0 atom stereocenters. The lowest BCUT2D eigenvalue weighted by molar-refractivity contribution is -0.137. The van der Waals surface area contributed by atoms with E-state index in [9.17, 15) is 14.4 Å². The Labute approximate surface area is 184 Å². The van der Waals surface area contributed by atoms with E-state index in [-0.39, 0.29) is 18.2 Å². The van der Waals surface area contributed by atoms with Gasteiger partial charge in [0.25, 0.3) is 5.91 Å². The highest BCUT2D eigenvalue weighted by Gasteiger charge is 2.29. The number of benzene rings is 2. The average molecular weight is 431 g/mol. The number of ether oxygens (including phenoxy) is 1. The second-order valence-electron chi connectivity index (χ2n) is 7.44. The van der Waals surface area contributed by atoms with Gasteiger partial charge in [-0.05, 0) is 34.4 Å². The van der Waals surface area contributed by atoms with Gasteiger partial charge in [0.15, 0.2) is 0 Å². The van der Waals surface area contributed by atoms with Gasteiger partial charge in [-0.1, -0.05) is 48.5 Å². The lowest BCUT2D eigenvalue weighted by atomic mass is 9.98. The normalized spacial score (nSPS) is 11.9. The molecular formula is C24H21N3O5. The molecule has 0 aliphatic heterocycles. The molecule has 32 heavy (non-hydrogen) atoms. The first-order chi connectivity index (χ1) is 15.4. The number of rotatable bonds is 6. The molecule has 4 rings (SSSR count). The number of aromatic nitrogens is 1. The van der Waals surface area contributed by atoms with Crippen LogP contribution in [-0.2, 0) is 9.53 Å². The largest absolute Gasteiger partial charge is 0.480 e. The molecule has 0 saturated heterocycles. The maximum atomic E-state index is 12.3. The van der Waals surface area contributed by atoms with Crippen LogP contribution < -0.4 is 5.32 Å². The number of aliphatic carboxylic acids is 1. The molecule has 0 bridgehead atoms. The zero-order chi connectivity index (χ0) is 22.7. The number of anilines is 1. The number of pyridine rings is 1. The fraction of sp³-hybridized carbons (Fsp3) is 0.167. The monoisotopic (exact) mass is 431 g/mol. The van der Waals surface area contributed by atoms with Crippen molar-refractivity contribution in [3.05, 3.63) is 83.7 Å². The van der Waals surface area contributed by atoms with Crippen molar-refractivity contribution in [3.63, 3.8) is 0 Å². The van der Waals surface area contributed by atoms with E-state index in [1.165, 1.54) is 25.4 Å². The number of amides is 2. The molecule has 1 aliphatic rings. The summed E-state index contributed by atoms with van der Waals surface area (Å²) < 4.78 is 5.49. The number of hydrogen-bond donors (Lipinski definition) is 2. The molecule has 3 aromatic rings. The van der Waals surface area contributed by atoms with Crippen molar-refractivity contribution >= 4 is 23.7 Å². The predicted octanol–water partition coefficient (Wildman–Crippen LogP) is 3.60. The van der Waals surface area contributed by atoms with Gasteiger partial charge in [-0.2, -0.15) is 0 Å². The molecular weight excluding hydrogens is 410 g/mol. The number of nitrogens with zero attached hydrogens (tertiary/aromatic N) is 2. The van der Waals surface area contributed by atoms with E-state index in [0.717, 1.165) is 27.2 Å². The van der Waals surface area contributed by atoms with Crippen LogP contribution in [0.5, 0.6) is 0 Å². The van der Waals surface area contributed by atoms with Gasteiger partial charge < -0.3 is 14.7 Å². The van der Waals surface area contributed by atoms with E-state index in [0.29, 0.717) is 5.69 Å². The molecule has 1 aliphatic carbocycles. The zero-order valence-electron chi connectivity index (χ0n) is 17.3. The molecule has 1 aromatic heterocycles. The van der Waals surface area contributed by atoms with Crippen LogP contribution in [0.25, 0.3) is 11.1 Å². The highest BCUT2D eigenvalue weighted by atomic mass is 16.5. The number of hydrogen-bond acceptors (Lipinski definition) is 5. The molecule has 0 saturated carbocycles. The summed E-state index contributed by atoms with van der Waals surface area (Å²) in [4.78, 5) is 40.3. The standard InChI is InChI=1S/C24H21N3O5/c1-27(13-22(28)29)23(30)21-11-10-15(12-25-21)26-24(31)32-14-20-18-8-4-2-6-16(18)17-7-3-5-9-19(17)20/h2-12,20H,13-14H2,1H3,(H,26,31)(H,28,29). The number of fused-ring (bicyclic) bond motifs is 3. The van der Waals surface area contributed by atoms with Crippen LogP contribution in [0.3, 0.4) is 0 Å². The fourth-order valence-electron chi connectivity index (χ4n) is 3.82. The molecule has 8 nitrogen and oxygen atoms in total. The van der Waals surface area contributed by atoms with Crippen molar-refractivity contribution in [1.82, 2.24) is 9.88 Å². The number of nitrogens with one attached hydrogen (secondary N) is 1. The Morgan fingerprint density at radius 3 is 2.19 bits per heavy atom. The molecule has 0 fully saturated rings. The van der Waals surface area contributed by atoms with E-state index in [4.69, 9.17) is 9.84 Å². The van der Waals surface area contributed by atoms with Crippen molar-refractivity contribution in [2.45, 2.75) is 5.92 Å². The maximum absolute atomic E-state index is 12.3. The molecule has 8 heteroatoms. The van der Waals surface area contributed by atoms with E-state index in [1.807, 2.05) is 36.4 Å². The number of carboxylic acids is 1. The summed E-state index contributed by atoms with van der Waals surface area (Å²) in [6.45, 7) is -0.246. The quantitative estimate of drug-likeness (QED) is 0.617. The molecule has 1 heterocycles. The highest BCUT2D eigenvalue weighted by Crippen LogP contribution is 2.44. The molecule has 0 spiro atoms. The second kappa shape index (κ2) is 8.89. The van der Waals surface area contributed by atoms with Crippen molar-refractivity contribution in [3.8, 4) is 11.1 Å². The number of likely N-dealkylation sites (N-methyl/N-ethyl adjacent to an activating group) is 1. The summed E-state index contributed by atoms with van der Waals surface area (Å²) in [7, 11) is 1.38. The Morgan fingerprint density at radius 2 is 1.62 bits per heavy atom. The summed E-state index contributed by atoms with van der Waals surface area (Å²) in [5.74, 6) is -1.69. The van der Waals surface area contributed by atoms with Gasteiger partial charge >= 0.3 is 12.1 Å². The van der Waals surface area contributed by atoms with E-state index >= 15 is 0 Å². The van der Waals surface area contributed by atoms with E-state index < -0.39 is 24.5 Å². The van der Waals surface area contributed by atoms with Crippen molar-refractivity contribution < 1.29 is 24.2 Å². The third-order valence-corrected chi connectivity index (χ3v) is 5.29. The predicted molar refractivity (Wildman–Crippen MR) is 118 cm³/mol. The summed E-state index contributed by atoms with van der Waals surface area (Å²) in [6.07, 6.45) is 0.694. The lowest BCUT2D eigenvalue weighted by Crippen LogP contribution is -2.32. The topological polar surface area (TPSA) is 109 Å². The minimum Gasteiger partial charge on any atom is -0.480 e. The van der Waals surface area contributed by atoms with Gasteiger partial charge in [0, 0.05) is 13.0 Å². The van der Waals surface area contributed by atoms with Gasteiger partial charge in [0.05, 0.1) is 11.9 Å². The Kier molecular flexibility index (Phi) is 5.85. The third kappa shape index (κ3) is 4.29. The zero-order valence-corrected chi connectivity index (χ0v) is 17.3. The molecule has 162 valence electrons. The SMILES string of the molecule is CN(CC(=O)O)C(=O)c1ccc(NC(=O)OCC2c3ccccc3-c3ccccc32)cn1. The van der Waals surface area contributed by atoms with Crippen molar-refractivity contribution in [2.75, 3.05) is 25.5 Å². The first kappa shape index (κ1) is 21.0. The van der Waals surface area contributed by atoms with Crippen LogP contribution in [0.4, 0.5) is 10.5 Å². The molecule has 0 radical (unpaired) electrons. The number of carbonyl (C=O) groups is 3. The minimum atomic E-state index is -1.12.